The summed E-state index contributed by atoms with van der Waals surface area (Å²) in [6.45, 7) is 2.63. The van der Waals surface area contributed by atoms with Gasteiger partial charge in [-0.15, -0.1) is 0 Å². The van der Waals surface area contributed by atoms with Crippen LogP contribution in [0.2, 0.25) is 0 Å². The second-order valence-corrected chi connectivity index (χ2v) is 5.16. The van der Waals surface area contributed by atoms with E-state index in [-0.39, 0.29) is 17.7 Å². The van der Waals surface area contributed by atoms with Crippen molar-refractivity contribution in [3.63, 3.8) is 0 Å². The fraction of sp³-hybridized carbons (Fsp3) is 0.692. The zero-order valence-corrected chi connectivity index (χ0v) is 11.7. The number of carbonyl (C=O) groups excluding carboxylic acids is 2. The largest absolute Gasteiger partial charge is 0.516 e. The van der Waals surface area contributed by atoms with Gasteiger partial charge in [0.25, 0.3) is 0 Å². The standard InChI is InChI=1S/C11H16O3.C2H2O5/c1-11(9-5-3-7-14-9)6-2-4-8(12)10(11)13;3-1(4)7-2(5)6/h9H,2-7H2,1H3;(H,3,4)(H,5,6). The van der Waals surface area contributed by atoms with Gasteiger partial charge in [-0.05, 0) is 32.6 Å². The summed E-state index contributed by atoms with van der Waals surface area (Å²) in [7, 11) is 0. The van der Waals surface area contributed by atoms with E-state index in [4.69, 9.17) is 14.9 Å². The lowest BCUT2D eigenvalue weighted by atomic mass is 9.69. The molecule has 2 rings (SSSR count). The fourth-order valence-corrected chi connectivity index (χ4v) is 2.62. The van der Waals surface area contributed by atoms with Gasteiger partial charge in [-0.3, -0.25) is 9.59 Å². The number of rotatable bonds is 1. The van der Waals surface area contributed by atoms with Crippen LogP contribution in [0.1, 0.15) is 39.0 Å². The van der Waals surface area contributed by atoms with Crippen LogP contribution in [-0.2, 0) is 19.1 Å². The summed E-state index contributed by atoms with van der Waals surface area (Å²) >= 11 is 0. The first-order valence-corrected chi connectivity index (χ1v) is 6.60. The van der Waals surface area contributed by atoms with Crippen LogP contribution in [0.25, 0.3) is 0 Å². The van der Waals surface area contributed by atoms with Crippen molar-refractivity contribution >= 4 is 23.9 Å². The summed E-state index contributed by atoms with van der Waals surface area (Å²) in [5, 5.41) is 15.0. The molecule has 0 radical (unpaired) electrons. The number of carboxylic acid groups (broad SMARTS) is 2. The average Bonchev–Trinajstić information content (AvgIpc) is 2.89. The Labute approximate surface area is 121 Å². The van der Waals surface area contributed by atoms with E-state index in [0.717, 1.165) is 32.3 Å². The second-order valence-electron chi connectivity index (χ2n) is 5.16. The zero-order chi connectivity index (χ0) is 16.0. The Kier molecular flexibility index (Phi) is 5.83. The minimum atomic E-state index is -1.81. The third-order valence-corrected chi connectivity index (χ3v) is 3.69. The Morgan fingerprint density at radius 1 is 1.24 bits per heavy atom. The topological polar surface area (TPSA) is 127 Å². The minimum Gasteiger partial charge on any atom is -0.449 e. The summed E-state index contributed by atoms with van der Waals surface area (Å²) in [6.07, 6.45) is 0.376. The van der Waals surface area contributed by atoms with Gasteiger partial charge in [-0.2, -0.15) is 0 Å². The molecule has 8 heteroatoms. The number of hydrogen-bond acceptors (Lipinski definition) is 6. The predicted octanol–water partition coefficient (Wildman–Crippen LogP) is 1.85. The molecule has 0 aromatic carbocycles. The molecule has 0 bridgehead atoms. The Morgan fingerprint density at radius 2 is 1.86 bits per heavy atom. The number of carbonyl (C=O) groups is 4. The van der Waals surface area contributed by atoms with Gasteiger partial charge in [0.2, 0.25) is 5.78 Å². The lowest BCUT2D eigenvalue weighted by molar-refractivity contribution is -0.150. The molecule has 0 aromatic heterocycles. The minimum absolute atomic E-state index is 0.0146. The third-order valence-electron chi connectivity index (χ3n) is 3.69. The van der Waals surface area contributed by atoms with Crippen LogP contribution in [0.4, 0.5) is 9.59 Å². The highest BCUT2D eigenvalue weighted by atomic mass is 16.7. The Balaban J connectivity index is 0.000000270. The Morgan fingerprint density at radius 3 is 2.29 bits per heavy atom. The second kappa shape index (κ2) is 7.16. The maximum Gasteiger partial charge on any atom is 0.516 e. The molecular formula is C13H18O8. The molecule has 1 saturated carbocycles. The maximum absolute atomic E-state index is 11.8. The predicted molar refractivity (Wildman–Crippen MR) is 68.1 cm³/mol. The Hall–Kier alpha value is -1.96. The van der Waals surface area contributed by atoms with Gasteiger partial charge >= 0.3 is 12.3 Å². The van der Waals surface area contributed by atoms with Gasteiger partial charge in [0, 0.05) is 13.0 Å². The fourth-order valence-electron chi connectivity index (χ4n) is 2.62. The normalized spacial score (nSPS) is 28.5. The van der Waals surface area contributed by atoms with E-state index in [0.29, 0.717) is 6.42 Å². The highest BCUT2D eigenvalue weighted by Crippen LogP contribution is 2.39. The van der Waals surface area contributed by atoms with Crippen molar-refractivity contribution in [3.8, 4) is 0 Å². The van der Waals surface area contributed by atoms with E-state index >= 15 is 0 Å². The van der Waals surface area contributed by atoms with Crippen molar-refractivity contribution in [1.82, 2.24) is 0 Å². The molecule has 0 amide bonds. The van der Waals surface area contributed by atoms with E-state index < -0.39 is 17.7 Å². The van der Waals surface area contributed by atoms with Crippen LogP contribution >= 0.6 is 0 Å². The molecule has 2 atom stereocenters. The van der Waals surface area contributed by atoms with Crippen molar-refractivity contribution in [2.45, 2.75) is 45.1 Å². The van der Waals surface area contributed by atoms with Gasteiger partial charge < -0.3 is 19.7 Å². The molecule has 118 valence electrons. The zero-order valence-electron chi connectivity index (χ0n) is 11.7. The van der Waals surface area contributed by atoms with Gasteiger partial charge in [-0.25, -0.2) is 9.59 Å². The first kappa shape index (κ1) is 17.1. The molecule has 1 saturated heterocycles. The van der Waals surface area contributed by atoms with Crippen LogP contribution < -0.4 is 0 Å². The molecule has 8 nitrogen and oxygen atoms in total. The summed E-state index contributed by atoms with van der Waals surface area (Å²) < 4.78 is 8.62. The van der Waals surface area contributed by atoms with Gasteiger partial charge in [-0.1, -0.05) is 0 Å². The van der Waals surface area contributed by atoms with Crippen LogP contribution in [0.5, 0.6) is 0 Å². The summed E-state index contributed by atoms with van der Waals surface area (Å²) in [5.41, 5.74) is -0.522. The lowest BCUT2D eigenvalue weighted by Gasteiger charge is -2.35. The van der Waals surface area contributed by atoms with Crippen LogP contribution in [0.3, 0.4) is 0 Å². The van der Waals surface area contributed by atoms with Gasteiger partial charge in [0.1, 0.15) is 0 Å². The Bertz CT molecular complexity index is 425. The van der Waals surface area contributed by atoms with E-state index in [1.165, 1.54) is 0 Å². The smallest absolute Gasteiger partial charge is 0.449 e. The van der Waals surface area contributed by atoms with Crippen molar-refractivity contribution in [2.24, 2.45) is 5.41 Å². The number of hydrogen-bond donors (Lipinski definition) is 2. The molecule has 21 heavy (non-hydrogen) atoms. The number of Topliss-reactive ketones (excluding diaryl/α,β-unsaturated/α-hetero) is 2. The van der Waals surface area contributed by atoms with Crippen molar-refractivity contribution < 1.29 is 38.9 Å². The summed E-state index contributed by atoms with van der Waals surface area (Å²) in [4.78, 5) is 41.6. The first-order valence-electron chi connectivity index (χ1n) is 6.60. The van der Waals surface area contributed by atoms with E-state index in [9.17, 15) is 19.2 Å². The molecule has 2 aliphatic rings. The highest BCUT2D eigenvalue weighted by Gasteiger charge is 2.47. The third kappa shape index (κ3) is 4.52. The molecule has 0 aromatic rings. The van der Waals surface area contributed by atoms with Crippen LogP contribution in [-0.4, -0.2) is 46.8 Å². The van der Waals surface area contributed by atoms with Gasteiger partial charge in [0.05, 0.1) is 11.5 Å². The van der Waals surface area contributed by atoms with E-state index in [2.05, 4.69) is 4.74 Å². The molecule has 1 aliphatic carbocycles. The first-order chi connectivity index (χ1) is 9.77. The van der Waals surface area contributed by atoms with Crippen molar-refractivity contribution in [2.75, 3.05) is 6.61 Å². The molecule has 1 heterocycles. The molecule has 2 fully saturated rings. The van der Waals surface area contributed by atoms with E-state index in [1.807, 2.05) is 6.92 Å². The average molecular weight is 302 g/mol. The summed E-state index contributed by atoms with van der Waals surface area (Å²) in [5.74, 6) is -0.398. The molecule has 1 aliphatic heterocycles. The van der Waals surface area contributed by atoms with Gasteiger partial charge in [0.15, 0.2) is 5.78 Å². The molecule has 2 N–H and O–H groups in total. The molecular weight excluding hydrogens is 284 g/mol. The summed E-state index contributed by atoms with van der Waals surface area (Å²) in [6, 6.07) is 0. The maximum atomic E-state index is 11.8. The quantitative estimate of drug-likeness (QED) is 0.426. The van der Waals surface area contributed by atoms with Crippen LogP contribution in [0, 0.1) is 5.41 Å². The number of ether oxygens (including phenoxy) is 2. The number of ketones is 2. The molecule has 0 spiro atoms. The highest BCUT2D eigenvalue weighted by molar-refractivity contribution is 6.39. The molecule has 2 unspecified atom stereocenters. The lowest BCUT2D eigenvalue weighted by Crippen LogP contribution is -2.46. The van der Waals surface area contributed by atoms with Crippen molar-refractivity contribution in [1.29, 1.82) is 0 Å². The van der Waals surface area contributed by atoms with Crippen molar-refractivity contribution in [3.05, 3.63) is 0 Å². The monoisotopic (exact) mass is 302 g/mol. The van der Waals surface area contributed by atoms with E-state index in [1.54, 1.807) is 0 Å². The van der Waals surface area contributed by atoms with Crippen LogP contribution in [0.15, 0.2) is 0 Å². The SMILES string of the molecule is CC1(C2CCCO2)CCCC(=O)C1=O.O=C(O)OC(=O)O.